The highest BCUT2D eigenvalue weighted by Crippen LogP contribution is 2.25. The summed E-state index contributed by atoms with van der Waals surface area (Å²) in [4.78, 5) is 39.5. The van der Waals surface area contributed by atoms with Gasteiger partial charge in [0.25, 0.3) is 11.8 Å². The first kappa shape index (κ1) is 18.9. The zero-order valence-corrected chi connectivity index (χ0v) is 14.8. The summed E-state index contributed by atoms with van der Waals surface area (Å²) in [5.41, 5.74) is 1.04. The van der Waals surface area contributed by atoms with Crippen molar-refractivity contribution in [1.29, 1.82) is 0 Å². The van der Waals surface area contributed by atoms with E-state index in [9.17, 15) is 14.4 Å². The van der Waals surface area contributed by atoms with Gasteiger partial charge in [-0.15, -0.1) is 0 Å². The van der Waals surface area contributed by atoms with Crippen LogP contribution in [-0.4, -0.2) is 60.9 Å². The van der Waals surface area contributed by atoms with Gasteiger partial charge in [0.2, 0.25) is 0 Å². The first-order valence-electron chi connectivity index (χ1n) is 8.31. The molecule has 134 valence electrons. The molecule has 1 aromatic carbocycles. The minimum absolute atomic E-state index is 0.00574. The molecule has 0 aromatic heterocycles. The van der Waals surface area contributed by atoms with Crippen molar-refractivity contribution >= 4 is 17.8 Å². The second-order valence-electron chi connectivity index (χ2n) is 6.41. The highest BCUT2D eigenvalue weighted by atomic mass is 16.5. The summed E-state index contributed by atoms with van der Waals surface area (Å²) in [5.74, 6) is -1.50. The molecule has 2 amide bonds. The van der Waals surface area contributed by atoms with Crippen LogP contribution in [-0.2, 0) is 19.1 Å². The molecule has 0 bridgehead atoms. The average molecular weight is 344 g/mol. The molecule has 0 fully saturated rings. The van der Waals surface area contributed by atoms with E-state index < -0.39 is 23.8 Å². The van der Waals surface area contributed by atoms with Gasteiger partial charge in [0.15, 0.2) is 0 Å². The summed E-state index contributed by atoms with van der Waals surface area (Å²) in [6.07, 6.45) is 2.70. The number of esters is 1. The molecule has 1 aliphatic rings. The van der Waals surface area contributed by atoms with E-state index in [1.165, 1.54) is 12.2 Å². The molecule has 1 heterocycles. The number of hydrogen-bond donors (Lipinski definition) is 0. The van der Waals surface area contributed by atoms with E-state index in [0.717, 1.165) is 10.5 Å². The summed E-state index contributed by atoms with van der Waals surface area (Å²) in [6, 6.07) is 8.76. The molecular weight excluding hydrogens is 320 g/mol. The number of nitrogens with zero attached hydrogens (tertiary/aromatic N) is 2. The van der Waals surface area contributed by atoms with Gasteiger partial charge in [0.05, 0.1) is 0 Å². The zero-order valence-electron chi connectivity index (χ0n) is 14.8. The number of benzene rings is 1. The zero-order chi connectivity index (χ0) is 18.4. The fourth-order valence-corrected chi connectivity index (χ4v) is 2.70. The Kier molecular flexibility index (Phi) is 6.47. The van der Waals surface area contributed by atoms with Crippen molar-refractivity contribution in [2.45, 2.75) is 25.3 Å². The van der Waals surface area contributed by atoms with Crippen molar-refractivity contribution < 1.29 is 19.1 Å². The van der Waals surface area contributed by atoms with Crippen molar-refractivity contribution in [2.75, 3.05) is 27.2 Å². The largest absolute Gasteiger partial charge is 0.463 e. The van der Waals surface area contributed by atoms with Gasteiger partial charge in [-0.1, -0.05) is 37.3 Å². The second-order valence-corrected chi connectivity index (χ2v) is 6.41. The molecule has 0 saturated heterocycles. The molecule has 0 aliphatic carbocycles. The van der Waals surface area contributed by atoms with Crippen LogP contribution in [0.2, 0.25) is 0 Å². The maximum atomic E-state index is 12.6. The Morgan fingerprint density at radius 1 is 1.12 bits per heavy atom. The van der Waals surface area contributed by atoms with Crippen LogP contribution in [0.5, 0.6) is 0 Å². The van der Waals surface area contributed by atoms with Gasteiger partial charge in [0.1, 0.15) is 12.6 Å². The summed E-state index contributed by atoms with van der Waals surface area (Å²) in [7, 11) is 3.75. The normalized spacial score (nSPS) is 16.4. The summed E-state index contributed by atoms with van der Waals surface area (Å²) < 4.78 is 5.31. The molecule has 25 heavy (non-hydrogen) atoms. The Morgan fingerprint density at radius 3 is 2.28 bits per heavy atom. The minimum Gasteiger partial charge on any atom is -0.463 e. The van der Waals surface area contributed by atoms with Crippen LogP contribution in [0.3, 0.4) is 0 Å². The maximum absolute atomic E-state index is 12.6. The van der Waals surface area contributed by atoms with Gasteiger partial charge in [-0.3, -0.25) is 14.5 Å². The molecule has 1 aliphatic heterocycles. The van der Waals surface area contributed by atoms with E-state index in [4.69, 9.17) is 4.74 Å². The number of hydrogen-bond acceptors (Lipinski definition) is 5. The molecule has 2 rings (SSSR count). The Labute approximate surface area is 148 Å². The smallest absolute Gasteiger partial charge is 0.329 e. The van der Waals surface area contributed by atoms with Gasteiger partial charge in [-0.2, -0.15) is 0 Å². The molecule has 2 atom stereocenters. The third-order valence-electron chi connectivity index (χ3n) is 4.16. The first-order valence-corrected chi connectivity index (χ1v) is 8.31. The summed E-state index contributed by atoms with van der Waals surface area (Å²) in [6.45, 7) is 2.76. The van der Waals surface area contributed by atoms with Crippen LogP contribution in [0.1, 0.15) is 24.8 Å². The summed E-state index contributed by atoms with van der Waals surface area (Å²) >= 11 is 0. The molecule has 0 saturated carbocycles. The number of likely N-dealkylation sites (N-methyl/N-ethyl adjacent to an activating group) is 1. The van der Waals surface area contributed by atoms with E-state index in [2.05, 4.69) is 0 Å². The molecule has 1 aromatic rings. The fraction of sp³-hybridized carbons (Fsp3) is 0.421. The van der Waals surface area contributed by atoms with E-state index in [1.807, 2.05) is 56.3 Å². The van der Waals surface area contributed by atoms with E-state index in [-0.39, 0.29) is 12.5 Å². The number of carbonyl (C=O) groups excluding carboxylic acids is 3. The highest BCUT2D eigenvalue weighted by Gasteiger charge is 2.37. The van der Waals surface area contributed by atoms with Gasteiger partial charge < -0.3 is 9.64 Å². The lowest BCUT2D eigenvalue weighted by Gasteiger charge is -2.27. The van der Waals surface area contributed by atoms with Crippen molar-refractivity contribution in [1.82, 2.24) is 9.80 Å². The number of rotatable bonds is 8. The highest BCUT2D eigenvalue weighted by molar-refractivity contribution is 6.14. The van der Waals surface area contributed by atoms with Crippen LogP contribution in [0.15, 0.2) is 42.5 Å². The second kappa shape index (κ2) is 8.58. The Hall–Kier alpha value is -2.47. The molecule has 2 unspecified atom stereocenters. The topological polar surface area (TPSA) is 66.9 Å². The van der Waals surface area contributed by atoms with Crippen LogP contribution in [0.4, 0.5) is 0 Å². The van der Waals surface area contributed by atoms with Crippen LogP contribution < -0.4 is 0 Å². The Morgan fingerprint density at radius 2 is 1.72 bits per heavy atom. The number of carbonyl (C=O) groups is 3. The van der Waals surface area contributed by atoms with Gasteiger partial charge in [-0.25, -0.2) is 4.79 Å². The summed E-state index contributed by atoms with van der Waals surface area (Å²) in [5, 5.41) is 0. The lowest BCUT2D eigenvalue weighted by molar-refractivity contribution is -0.158. The first-order chi connectivity index (χ1) is 11.9. The molecule has 6 nitrogen and oxygen atoms in total. The Bertz CT molecular complexity index is 637. The minimum atomic E-state index is -0.924. The predicted octanol–water partition coefficient (Wildman–Crippen LogP) is 1.58. The Balaban J connectivity index is 2.13. The predicted molar refractivity (Wildman–Crippen MR) is 93.8 cm³/mol. The lowest BCUT2D eigenvalue weighted by Crippen LogP contribution is -2.46. The average Bonchev–Trinajstić information content (AvgIpc) is 2.91. The van der Waals surface area contributed by atoms with E-state index >= 15 is 0 Å². The van der Waals surface area contributed by atoms with Crippen molar-refractivity contribution in [3.63, 3.8) is 0 Å². The van der Waals surface area contributed by atoms with Gasteiger partial charge in [0, 0.05) is 18.7 Å². The quantitative estimate of drug-likeness (QED) is 0.529. The van der Waals surface area contributed by atoms with Crippen molar-refractivity contribution in [2.24, 2.45) is 0 Å². The molecular formula is C19H24N2O4. The molecule has 6 heteroatoms. The molecule has 0 spiro atoms. The van der Waals surface area contributed by atoms with Crippen molar-refractivity contribution in [3.05, 3.63) is 48.0 Å². The fourth-order valence-electron chi connectivity index (χ4n) is 2.70. The van der Waals surface area contributed by atoms with Crippen molar-refractivity contribution in [3.8, 4) is 0 Å². The van der Waals surface area contributed by atoms with Crippen LogP contribution in [0, 0.1) is 0 Å². The van der Waals surface area contributed by atoms with E-state index in [0.29, 0.717) is 13.0 Å². The molecule has 0 radical (unpaired) electrons. The van der Waals surface area contributed by atoms with Crippen LogP contribution in [0.25, 0.3) is 0 Å². The van der Waals surface area contributed by atoms with Crippen LogP contribution >= 0.6 is 0 Å². The van der Waals surface area contributed by atoms with Gasteiger partial charge >= 0.3 is 5.97 Å². The maximum Gasteiger partial charge on any atom is 0.329 e. The monoisotopic (exact) mass is 344 g/mol. The number of amides is 2. The lowest BCUT2D eigenvalue weighted by atomic mass is 9.93. The van der Waals surface area contributed by atoms with E-state index in [1.54, 1.807) is 0 Å². The molecule has 0 N–H and O–H groups in total. The van der Waals surface area contributed by atoms with Gasteiger partial charge in [-0.05, 0) is 32.0 Å². The third-order valence-corrected chi connectivity index (χ3v) is 4.16. The standard InChI is InChI=1S/C19H24N2O4/c1-14(15-7-5-4-6-8-15)13-16(19(24)25-12-11-20(2)3)21-17(22)9-10-18(21)23/h4-10,14,16H,11-13H2,1-3H3. The number of ether oxygens (including phenoxy) is 1. The number of imide groups is 1. The third kappa shape index (κ3) is 5.00. The SMILES string of the molecule is CC(CC(C(=O)OCCN(C)C)N1C(=O)C=CC1=O)c1ccccc1.